The lowest BCUT2D eigenvalue weighted by molar-refractivity contribution is -0.134. The second-order valence-electron chi connectivity index (χ2n) is 7.51. The van der Waals surface area contributed by atoms with Gasteiger partial charge in [0.1, 0.15) is 0 Å². The maximum Gasteiger partial charge on any atom is 0.222 e. The number of aryl methyl sites for hydroxylation is 1. The molecule has 0 saturated carbocycles. The minimum atomic E-state index is -0.0172. The quantitative estimate of drug-likeness (QED) is 0.904. The summed E-state index contributed by atoms with van der Waals surface area (Å²) in [6, 6.07) is 10.1. The van der Waals surface area contributed by atoms with Crippen molar-refractivity contribution in [1.82, 2.24) is 9.80 Å². The molecule has 2 heterocycles. The van der Waals surface area contributed by atoms with Gasteiger partial charge in [0.25, 0.3) is 0 Å². The van der Waals surface area contributed by atoms with Crippen molar-refractivity contribution in [3.05, 3.63) is 35.9 Å². The van der Waals surface area contributed by atoms with Crippen molar-refractivity contribution in [2.45, 2.75) is 32.6 Å². The number of aliphatic hydroxyl groups is 1. The molecule has 2 fully saturated rings. The van der Waals surface area contributed by atoms with Gasteiger partial charge in [-0.2, -0.15) is 0 Å². The molecule has 1 atom stereocenters. The van der Waals surface area contributed by atoms with Crippen molar-refractivity contribution < 1.29 is 14.7 Å². The second kappa shape index (κ2) is 7.56. The van der Waals surface area contributed by atoms with Gasteiger partial charge in [-0.15, -0.1) is 0 Å². The van der Waals surface area contributed by atoms with Gasteiger partial charge in [-0.05, 0) is 30.2 Å². The summed E-state index contributed by atoms with van der Waals surface area (Å²) >= 11 is 0. The first-order chi connectivity index (χ1) is 12.0. The summed E-state index contributed by atoms with van der Waals surface area (Å²) in [4.78, 5) is 28.0. The summed E-state index contributed by atoms with van der Waals surface area (Å²) in [6.45, 7) is 4.54. The summed E-state index contributed by atoms with van der Waals surface area (Å²) in [7, 11) is 0. The topological polar surface area (TPSA) is 60.9 Å². The summed E-state index contributed by atoms with van der Waals surface area (Å²) in [5.41, 5.74) is 1.17. The molecule has 1 aromatic carbocycles. The van der Waals surface area contributed by atoms with Crippen molar-refractivity contribution in [2.75, 3.05) is 32.8 Å². The maximum absolute atomic E-state index is 12.5. The van der Waals surface area contributed by atoms with E-state index in [2.05, 4.69) is 12.1 Å². The molecule has 0 aliphatic carbocycles. The zero-order valence-electron chi connectivity index (χ0n) is 15.0. The highest BCUT2D eigenvalue weighted by Gasteiger charge is 2.48. The SMILES string of the molecule is CC(=O)N1CC(CO)C2(CCN(C(=O)CCc3ccccc3)CC2)C1. The average Bonchev–Trinajstić information content (AvgIpc) is 2.99. The number of hydrogen-bond acceptors (Lipinski definition) is 3. The second-order valence-corrected chi connectivity index (χ2v) is 7.51. The van der Waals surface area contributed by atoms with Crippen LogP contribution in [0, 0.1) is 11.3 Å². The van der Waals surface area contributed by atoms with Crippen molar-refractivity contribution >= 4 is 11.8 Å². The monoisotopic (exact) mass is 344 g/mol. The standard InChI is InChI=1S/C20H28N2O3/c1-16(24)22-13-18(14-23)20(15-22)9-11-21(12-10-20)19(25)8-7-17-5-3-2-4-6-17/h2-6,18,23H,7-15H2,1H3. The fraction of sp³-hybridized carbons (Fsp3) is 0.600. The minimum Gasteiger partial charge on any atom is -0.396 e. The molecule has 5 nitrogen and oxygen atoms in total. The van der Waals surface area contributed by atoms with Crippen molar-refractivity contribution in [2.24, 2.45) is 11.3 Å². The molecule has 25 heavy (non-hydrogen) atoms. The molecular weight excluding hydrogens is 316 g/mol. The third-order valence-corrected chi connectivity index (χ3v) is 6.06. The van der Waals surface area contributed by atoms with Crippen LogP contribution in [0.2, 0.25) is 0 Å². The van der Waals surface area contributed by atoms with Gasteiger partial charge in [-0.25, -0.2) is 0 Å². The van der Waals surface area contributed by atoms with Crippen LogP contribution >= 0.6 is 0 Å². The third kappa shape index (κ3) is 3.87. The Balaban J connectivity index is 1.54. The van der Waals surface area contributed by atoms with E-state index in [0.29, 0.717) is 13.0 Å². The van der Waals surface area contributed by atoms with Crippen LogP contribution < -0.4 is 0 Å². The van der Waals surface area contributed by atoms with Gasteiger partial charge in [0.15, 0.2) is 0 Å². The van der Waals surface area contributed by atoms with Crippen LogP contribution in [0.1, 0.15) is 31.7 Å². The molecular formula is C20H28N2O3. The molecule has 2 aliphatic heterocycles. The molecule has 2 aliphatic rings. The highest BCUT2D eigenvalue weighted by Crippen LogP contribution is 2.44. The van der Waals surface area contributed by atoms with Crippen LogP contribution in [0.25, 0.3) is 0 Å². The number of benzene rings is 1. The number of amides is 2. The van der Waals surface area contributed by atoms with E-state index in [-0.39, 0.29) is 29.8 Å². The van der Waals surface area contributed by atoms with E-state index in [1.807, 2.05) is 28.0 Å². The third-order valence-electron chi connectivity index (χ3n) is 6.06. The van der Waals surface area contributed by atoms with E-state index < -0.39 is 0 Å². The molecule has 0 bridgehead atoms. The van der Waals surface area contributed by atoms with Crippen LogP contribution in [0.15, 0.2) is 30.3 Å². The lowest BCUT2D eigenvalue weighted by Gasteiger charge is -2.42. The van der Waals surface area contributed by atoms with E-state index in [9.17, 15) is 14.7 Å². The molecule has 1 spiro atoms. The zero-order chi connectivity index (χ0) is 17.9. The molecule has 5 heteroatoms. The highest BCUT2D eigenvalue weighted by atomic mass is 16.3. The average molecular weight is 344 g/mol. The van der Waals surface area contributed by atoms with Crippen molar-refractivity contribution in [1.29, 1.82) is 0 Å². The smallest absolute Gasteiger partial charge is 0.222 e. The highest BCUT2D eigenvalue weighted by molar-refractivity contribution is 5.76. The Hall–Kier alpha value is -1.88. The molecule has 136 valence electrons. The minimum absolute atomic E-state index is 0.0172. The van der Waals surface area contributed by atoms with Gasteiger partial charge < -0.3 is 14.9 Å². The number of likely N-dealkylation sites (tertiary alicyclic amines) is 2. The van der Waals surface area contributed by atoms with Crippen LogP contribution in [-0.4, -0.2) is 59.5 Å². The Bertz CT molecular complexity index is 609. The van der Waals surface area contributed by atoms with E-state index in [1.54, 1.807) is 6.92 Å². The van der Waals surface area contributed by atoms with E-state index >= 15 is 0 Å². The molecule has 1 aromatic rings. The number of carbonyl (C=O) groups is 2. The first-order valence-corrected chi connectivity index (χ1v) is 9.22. The maximum atomic E-state index is 12.5. The van der Waals surface area contributed by atoms with Crippen LogP contribution in [0.4, 0.5) is 0 Å². The van der Waals surface area contributed by atoms with Gasteiger partial charge in [-0.1, -0.05) is 30.3 Å². The molecule has 2 amide bonds. The lowest BCUT2D eigenvalue weighted by atomic mass is 9.71. The van der Waals surface area contributed by atoms with Crippen LogP contribution in [0.3, 0.4) is 0 Å². The van der Waals surface area contributed by atoms with Crippen molar-refractivity contribution in [3.63, 3.8) is 0 Å². The number of nitrogens with zero attached hydrogens (tertiary/aromatic N) is 2. The first kappa shape index (κ1) is 17.9. The molecule has 0 aromatic heterocycles. The van der Waals surface area contributed by atoms with E-state index in [4.69, 9.17) is 0 Å². The van der Waals surface area contributed by atoms with Gasteiger partial charge in [0.05, 0.1) is 0 Å². The van der Waals surface area contributed by atoms with Crippen molar-refractivity contribution in [3.8, 4) is 0 Å². The Morgan fingerprint density at radius 1 is 1.16 bits per heavy atom. The lowest BCUT2D eigenvalue weighted by Crippen LogP contribution is -2.47. The predicted molar refractivity (Wildman–Crippen MR) is 95.8 cm³/mol. The van der Waals surface area contributed by atoms with Gasteiger partial charge in [0, 0.05) is 52.0 Å². The van der Waals surface area contributed by atoms with Gasteiger partial charge in [0.2, 0.25) is 11.8 Å². The van der Waals surface area contributed by atoms with Gasteiger partial charge >= 0.3 is 0 Å². The summed E-state index contributed by atoms with van der Waals surface area (Å²) in [6.07, 6.45) is 3.07. The fourth-order valence-electron chi connectivity index (χ4n) is 4.35. The molecule has 1 N–H and O–H groups in total. The fourth-order valence-corrected chi connectivity index (χ4v) is 4.35. The number of carbonyl (C=O) groups excluding carboxylic acids is 2. The first-order valence-electron chi connectivity index (χ1n) is 9.22. The Morgan fingerprint density at radius 3 is 2.44 bits per heavy atom. The molecule has 2 saturated heterocycles. The number of rotatable bonds is 4. The Labute approximate surface area is 149 Å². The number of hydrogen-bond donors (Lipinski definition) is 1. The van der Waals surface area contributed by atoms with E-state index in [0.717, 1.165) is 38.9 Å². The van der Waals surface area contributed by atoms with E-state index in [1.165, 1.54) is 5.56 Å². The zero-order valence-corrected chi connectivity index (χ0v) is 15.0. The predicted octanol–water partition coefficient (Wildman–Crippen LogP) is 1.70. The number of aliphatic hydroxyl groups excluding tert-OH is 1. The normalized spacial score (nSPS) is 22.4. The summed E-state index contributed by atoms with van der Waals surface area (Å²) in [5.74, 6) is 0.426. The molecule has 1 unspecified atom stereocenters. The van der Waals surface area contributed by atoms with Crippen LogP contribution in [0.5, 0.6) is 0 Å². The Morgan fingerprint density at radius 2 is 1.84 bits per heavy atom. The largest absolute Gasteiger partial charge is 0.396 e. The summed E-state index contributed by atoms with van der Waals surface area (Å²) < 4.78 is 0. The Kier molecular flexibility index (Phi) is 5.42. The molecule has 0 radical (unpaired) electrons. The number of piperidine rings is 1. The molecule has 3 rings (SSSR count). The van der Waals surface area contributed by atoms with Crippen LogP contribution in [-0.2, 0) is 16.0 Å². The van der Waals surface area contributed by atoms with Gasteiger partial charge in [-0.3, -0.25) is 9.59 Å². The summed E-state index contributed by atoms with van der Waals surface area (Å²) in [5, 5.41) is 9.75.